The minimum atomic E-state index is 0.101. The Morgan fingerprint density at radius 1 is 1.05 bits per heavy atom. The summed E-state index contributed by atoms with van der Waals surface area (Å²) >= 11 is 0. The lowest BCUT2D eigenvalue weighted by Gasteiger charge is -2.17. The van der Waals surface area contributed by atoms with Crippen molar-refractivity contribution < 1.29 is 0 Å². The summed E-state index contributed by atoms with van der Waals surface area (Å²) in [6.45, 7) is 4.61. The molecule has 0 fully saturated rings. The summed E-state index contributed by atoms with van der Waals surface area (Å²) in [5.41, 5.74) is 11.2. The summed E-state index contributed by atoms with van der Waals surface area (Å²) in [6.07, 6.45) is 0. The summed E-state index contributed by atoms with van der Waals surface area (Å²) < 4.78 is 1.97. The van der Waals surface area contributed by atoms with Gasteiger partial charge in [-0.1, -0.05) is 59.8 Å². The monoisotopic (exact) mass is 292 g/mol. The summed E-state index contributed by atoms with van der Waals surface area (Å²) in [5, 5.41) is 8.65. The fraction of sp³-hybridized carbons (Fsp3) is 0.222. The van der Waals surface area contributed by atoms with Crippen molar-refractivity contribution in [2.75, 3.05) is 0 Å². The van der Waals surface area contributed by atoms with Crippen LogP contribution in [0.3, 0.4) is 0 Å². The lowest BCUT2D eigenvalue weighted by atomic mass is 10.0. The predicted molar refractivity (Wildman–Crippen MR) is 88.3 cm³/mol. The number of aryl methyl sites for hydroxylation is 1. The zero-order chi connectivity index (χ0) is 15.5. The molecule has 4 nitrogen and oxygen atoms in total. The average Bonchev–Trinajstić information content (AvgIpc) is 2.99. The van der Waals surface area contributed by atoms with Crippen molar-refractivity contribution in [1.29, 1.82) is 0 Å². The van der Waals surface area contributed by atoms with Crippen LogP contribution in [0.4, 0.5) is 0 Å². The molecule has 0 aliphatic heterocycles. The second-order valence-electron chi connectivity index (χ2n) is 5.44. The zero-order valence-corrected chi connectivity index (χ0v) is 12.9. The van der Waals surface area contributed by atoms with Crippen LogP contribution in [0.5, 0.6) is 0 Å². The molecule has 0 saturated carbocycles. The van der Waals surface area contributed by atoms with Crippen molar-refractivity contribution in [2.45, 2.75) is 26.4 Å². The molecule has 1 unspecified atom stereocenters. The molecule has 0 aliphatic rings. The van der Waals surface area contributed by atoms with E-state index in [-0.39, 0.29) is 6.04 Å². The lowest BCUT2D eigenvalue weighted by Crippen LogP contribution is -2.11. The van der Waals surface area contributed by atoms with Crippen LogP contribution in [0.25, 0.3) is 11.3 Å². The Bertz CT molecular complexity index is 762. The molecule has 1 atom stereocenters. The van der Waals surface area contributed by atoms with Crippen molar-refractivity contribution in [1.82, 2.24) is 15.0 Å². The highest BCUT2D eigenvalue weighted by Crippen LogP contribution is 2.29. The Morgan fingerprint density at radius 3 is 2.41 bits per heavy atom. The van der Waals surface area contributed by atoms with E-state index >= 15 is 0 Å². The van der Waals surface area contributed by atoms with E-state index in [0.717, 1.165) is 17.0 Å². The molecule has 0 aliphatic carbocycles. The van der Waals surface area contributed by atoms with Crippen LogP contribution in [0, 0.1) is 6.92 Å². The van der Waals surface area contributed by atoms with Gasteiger partial charge in [-0.15, -0.1) is 5.10 Å². The first-order valence-corrected chi connectivity index (χ1v) is 7.47. The molecule has 0 radical (unpaired) electrons. The quantitative estimate of drug-likeness (QED) is 0.802. The van der Waals surface area contributed by atoms with E-state index in [1.54, 1.807) is 0 Å². The maximum atomic E-state index is 5.87. The Hall–Kier alpha value is -2.46. The van der Waals surface area contributed by atoms with Gasteiger partial charge in [-0.05, 0) is 25.0 Å². The molecular weight excluding hydrogens is 272 g/mol. The Kier molecular flexibility index (Phi) is 4.02. The van der Waals surface area contributed by atoms with Gasteiger partial charge in [0.1, 0.15) is 5.69 Å². The van der Waals surface area contributed by atoms with Crippen LogP contribution in [0.1, 0.15) is 29.8 Å². The number of aromatic nitrogens is 3. The third-order valence-electron chi connectivity index (χ3n) is 4.01. The molecule has 2 aromatic carbocycles. The van der Waals surface area contributed by atoms with E-state index in [4.69, 9.17) is 5.73 Å². The number of nitrogens with two attached hydrogens (primary N) is 1. The van der Waals surface area contributed by atoms with E-state index in [1.165, 1.54) is 11.1 Å². The Balaban J connectivity index is 2.14. The van der Waals surface area contributed by atoms with E-state index in [9.17, 15) is 0 Å². The average molecular weight is 292 g/mol. The fourth-order valence-corrected chi connectivity index (χ4v) is 2.73. The van der Waals surface area contributed by atoms with Crippen LogP contribution in [-0.2, 0) is 6.54 Å². The van der Waals surface area contributed by atoms with E-state index in [0.29, 0.717) is 6.54 Å². The van der Waals surface area contributed by atoms with Crippen molar-refractivity contribution in [3.8, 4) is 11.3 Å². The number of nitrogens with zero attached hydrogens (tertiary/aromatic N) is 3. The molecular formula is C18H20N4. The third-order valence-corrected chi connectivity index (χ3v) is 4.01. The number of hydrogen-bond donors (Lipinski definition) is 1. The first-order valence-electron chi connectivity index (χ1n) is 7.47. The molecule has 3 aromatic rings. The largest absolute Gasteiger partial charge is 0.325 e. The van der Waals surface area contributed by atoms with Crippen molar-refractivity contribution >= 4 is 0 Å². The molecule has 2 N–H and O–H groups in total. The normalized spacial score (nSPS) is 12.3. The van der Waals surface area contributed by atoms with Gasteiger partial charge in [-0.2, -0.15) is 0 Å². The number of rotatable bonds is 4. The first-order chi connectivity index (χ1) is 10.7. The molecule has 3 rings (SSSR count). The lowest BCUT2D eigenvalue weighted by molar-refractivity contribution is 0.548. The van der Waals surface area contributed by atoms with Gasteiger partial charge in [0.15, 0.2) is 0 Å². The topological polar surface area (TPSA) is 56.7 Å². The van der Waals surface area contributed by atoms with Crippen molar-refractivity contribution in [2.24, 2.45) is 5.73 Å². The maximum absolute atomic E-state index is 5.87. The van der Waals surface area contributed by atoms with E-state index < -0.39 is 0 Å². The van der Waals surface area contributed by atoms with Gasteiger partial charge in [-0.25, -0.2) is 4.68 Å². The van der Waals surface area contributed by atoms with E-state index in [1.807, 2.05) is 35.0 Å². The second-order valence-corrected chi connectivity index (χ2v) is 5.44. The van der Waals surface area contributed by atoms with Crippen LogP contribution < -0.4 is 5.73 Å². The minimum Gasteiger partial charge on any atom is -0.325 e. The Labute approximate surface area is 130 Å². The molecule has 0 amide bonds. The molecule has 1 aromatic heterocycles. The standard InChI is InChI=1S/C18H20N4/c1-13-8-6-7-11-16(13)18-17(12-19)20-21-22(18)14(2)15-9-4-3-5-10-15/h3-11,14H,12,19H2,1-2H3. The van der Waals surface area contributed by atoms with Gasteiger partial charge >= 0.3 is 0 Å². The van der Waals surface area contributed by atoms with Gasteiger partial charge in [-0.3, -0.25) is 0 Å². The van der Waals surface area contributed by atoms with Gasteiger partial charge in [0, 0.05) is 12.1 Å². The number of benzene rings is 2. The van der Waals surface area contributed by atoms with Crippen LogP contribution >= 0.6 is 0 Å². The predicted octanol–water partition coefficient (Wildman–Crippen LogP) is 3.32. The second kappa shape index (κ2) is 6.12. The van der Waals surface area contributed by atoms with Gasteiger partial charge < -0.3 is 5.73 Å². The molecule has 1 heterocycles. The molecule has 0 saturated heterocycles. The van der Waals surface area contributed by atoms with Crippen LogP contribution in [0.2, 0.25) is 0 Å². The molecule has 4 heteroatoms. The highest BCUT2D eigenvalue weighted by molar-refractivity contribution is 5.66. The first kappa shape index (κ1) is 14.5. The summed E-state index contributed by atoms with van der Waals surface area (Å²) in [7, 11) is 0. The van der Waals surface area contributed by atoms with Crippen LogP contribution in [0.15, 0.2) is 54.6 Å². The van der Waals surface area contributed by atoms with Crippen molar-refractivity contribution in [3.63, 3.8) is 0 Å². The minimum absolute atomic E-state index is 0.101. The molecule has 0 spiro atoms. The van der Waals surface area contributed by atoms with Gasteiger partial charge in [0.25, 0.3) is 0 Å². The molecule has 0 bridgehead atoms. The zero-order valence-electron chi connectivity index (χ0n) is 12.9. The fourth-order valence-electron chi connectivity index (χ4n) is 2.73. The SMILES string of the molecule is Cc1ccccc1-c1c(CN)nnn1C(C)c1ccccc1. The van der Waals surface area contributed by atoms with Crippen molar-refractivity contribution in [3.05, 3.63) is 71.4 Å². The Morgan fingerprint density at radius 2 is 1.73 bits per heavy atom. The highest BCUT2D eigenvalue weighted by Gasteiger charge is 2.20. The molecule has 112 valence electrons. The smallest absolute Gasteiger partial charge is 0.104 e. The summed E-state index contributed by atoms with van der Waals surface area (Å²) in [6, 6.07) is 18.7. The van der Waals surface area contributed by atoms with Crippen LogP contribution in [-0.4, -0.2) is 15.0 Å². The number of hydrogen-bond acceptors (Lipinski definition) is 3. The highest BCUT2D eigenvalue weighted by atomic mass is 15.4. The summed E-state index contributed by atoms with van der Waals surface area (Å²) in [4.78, 5) is 0. The summed E-state index contributed by atoms with van der Waals surface area (Å²) in [5.74, 6) is 0. The van der Waals surface area contributed by atoms with Gasteiger partial charge in [0.05, 0.1) is 11.7 Å². The maximum Gasteiger partial charge on any atom is 0.104 e. The molecule has 22 heavy (non-hydrogen) atoms. The van der Waals surface area contributed by atoms with E-state index in [2.05, 4.69) is 48.4 Å². The third kappa shape index (κ3) is 2.53. The van der Waals surface area contributed by atoms with Gasteiger partial charge in [0.2, 0.25) is 0 Å².